The maximum Gasteiger partial charge on any atom is 0.227 e. The van der Waals surface area contributed by atoms with E-state index in [2.05, 4.69) is 35.1 Å². The zero-order valence-electron chi connectivity index (χ0n) is 17.7. The maximum atomic E-state index is 13.1. The Hall–Kier alpha value is -3.61. The molecule has 3 N–H and O–H groups in total. The molecule has 31 heavy (non-hydrogen) atoms. The van der Waals surface area contributed by atoms with E-state index in [0.29, 0.717) is 18.8 Å². The molecule has 0 saturated carbocycles. The van der Waals surface area contributed by atoms with Gasteiger partial charge in [-0.1, -0.05) is 12.1 Å². The van der Waals surface area contributed by atoms with Crippen molar-refractivity contribution < 1.29 is 9.21 Å². The summed E-state index contributed by atoms with van der Waals surface area (Å²) in [4.78, 5) is 19.1. The molecule has 4 aromatic rings. The number of pyridine rings is 1. The Morgan fingerprint density at radius 2 is 2.19 bits per heavy atom. The number of fused-ring (bicyclic) bond motifs is 1. The number of amides is 1. The number of aryl methyl sites for hydroxylation is 2. The van der Waals surface area contributed by atoms with Crippen molar-refractivity contribution in [3.8, 4) is 11.1 Å². The number of likely N-dealkylation sites (tertiary alicyclic amines) is 1. The molecule has 3 aromatic heterocycles. The number of aromatic amines is 1. The highest BCUT2D eigenvalue weighted by atomic mass is 16.3. The van der Waals surface area contributed by atoms with Crippen LogP contribution in [0.15, 0.2) is 47.3 Å². The van der Waals surface area contributed by atoms with Crippen LogP contribution in [0.25, 0.3) is 22.1 Å². The SMILES string of the molecule is Cc1ccc2c(CC(=O)N3CCC(c4[nH]ncc4-c4ccnc(N)c4)C3)coc2c1C. The van der Waals surface area contributed by atoms with Gasteiger partial charge in [-0.05, 0) is 49.1 Å². The fourth-order valence-electron chi connectivity index (χ4n) is 4.48. The van der Waals surface area contributed by atoms with E-state index < -0.39 is 0 Å². The number of carbonyl (C=O) groups is 1. The molecule has 7 nitrogen and oxygen atoms in total. The number of carbonyl (C=O) groups excluding carboxylic acids is 1. The Labute approximate surface area is 180 Å². The summed E-state index contributed by atoms with van der Waals surface area (Å²) in [6.07, 6.45) is 6.48. The maximum absolute atomic E-state index is 13.1. The van der Waals surface area contributed by atoms with Gasteiger partial charge >= 0.3 is 0 Å². The van der Waals surface area contributed by atoms with Crippen LogP contribution in [0.2, 0.25) is 0 Å². The summed E-state index contributed by atoms with van der Waals surface area (Å²) < 4.78 is 5.78. The summed E-state index contributed by atoms with van der Waals surface area (Å²) >= 11 is 0. The fraction of sp³-hybridized carbons (Fsp3) is 0.292. The van der Waals surface area contributed by atoms with E-state index in [1.165, 1.54) is 5.56 Å². The van der Waals surface area contributed by atoms with Crippen molar-refractivity contribution in [2.75, 3.05) is 18.8 Å². The zero-order valence-corrected chi connectivity index (χ0v) is 17.7. The third-order valence-corrected chi connectivity index (χ3v) is 6.39. The monoisotopic (exact) mass is 415 g/mol. The highest BCUT2D eigenvalue weighted by Crippen LogP contribution is 2.34. The molecule has 0 radical (unpaired) electrons. The first kappa shape index (κ1) is 19.4. The molecule has 4 heterocycles. The number of H-pyrrole nitrogens is 1. The van der Waals surface area contributed by atoms with Crippen molar-refractivity contribution in [2.45, 2.75) is 32.6 Å². The molecule has 1 unspecified atom stereocenters. The van der Waals surface area contributed by atoms with Crippen LogP contribution < -0.4 is 5.73 Å². The molecule has 1 aliphatic heterocycles. The van der Waals surface area contributed by atoms with Crippen molar-refractivity contribution in [3.63, 3.8) is 0 Å². The first-order chi connectivity index (χ1) is 15.0. The second kappa shape index (κ2) is 7.58. The highest BCUT2D eigenvalue weighted by Gasteiger charge is 2.30. The molecule has 158 valence electrons. The Morgan fingerprint density at radius 3 is 3.03 bits per heavy atom. The molecule has 0 bridgehead atoms. The van der Waals surface area contributed by atoms with Crippen LogP contribution in [-0.2, 0) is 11.2 Å². The lowest BCUT2D eigenvalue weighted by atomic mass is 9.97. The average Bonchev–Trinajstić information content (AvgIpc) is 3.50. The summed E-state index contributed by atoms with van der Waals surface area (Å²) in [5.41, 5.74) is 13.0. The standard InChI is InChI=1S/C24H25N5O2/c1-14-3-4-19-18(13-31-24(19)15(14)2)10-22(30)29-8-6-17(12-29)23-20(11-27-28-23)16-5-7-26-21(25)9-16/h3-5,7,9,11,13,17H,6,8,10,12H2,1-2H3,(H2,25,26)(H,27,28). The van der Waals surface area contributed by atoms with Gasteiger partial charge in [-0.25, -0.2) is 4.98 Å². The van der Waals surface area contributed by atoms with Crippen LogP contribution in [-0.4, -0.2) is 39.1 Å². The molecule has 1 saturated heterocycles. The number of hydrogen-bond donors (Lipinski definition) is 2. The summed E-state index contributed by atoms with van der Waals surface area (Å²) in [5, 5.41) is 8.42. The molecule has 1 amide bonds. The van der Waals surface area contributed by atoms with Gasteiger partial charge in [0, 0.05) is 47.4 Å². The smallest absolute Gasteiger partial charge is 0.227 e. The molecule has 5 rings (SSSR count). The van der Waals surface area contributed by atoms with Crippen LogP contribution in [0.3, 0.4) is 0 Å². The fourth-order valence-corrected chi connectivity index (χ4v) is 4.48. The Bertz CT molecular complexity index is 1270. The van der Waals surface area contributed by atoms with Crippen LogP contribution >= 0.6 is 0 Å². The number of benzene rings is 1. The average molecular weight is 415 g/mol. The van der Waals surface area contributed by atoms with Crippen LogP contribution in [0.1, 0.15) is 34.7 Å². The lowest BCUT2D eigenvalue weighted by Gasteiger charge is -2.16. The van der Waals surface area contributed by atoms with E-state index in [9.17, 15) is 4.79 Å². The van der Waals surface area contributed by atoms with Crippen LogP contribution in [0.5, 0.6) is 0 Å². The third-order valence-electron chi connectivity index (χ3n) is 6.39. The number of rotatable bonds is 4. The Morgan fingerprint density at radius 1 is 1.32 bits per heavy atom. The minimum atomic E-state index is 0.123. The molecule has 1 aliphatic rings. The largest absolute Gasteiger partial charge is 0.464 e. The molecule has 1 atom stereocenters. The van der Waals surface area contributed by atoms with Gasteiger partial charge in [0.05, 0.1) is 18.9 Å². The number of furan rings is 1. The highest BCUT2D eigenvalue weighted by molar-refractivity contribution is 5.89. The molecule has 1 fully saturated rings. The van der Waals surface area contributed by atoms with Crippen molar-refractivity contribution in [3.05, 3.63) is 65.3 Å². The minimum Gasteiger partial charge on any atom is -0.464 e. The second-order valence-corrected chi connectivity index (χ2v) is 8.31. The number of nitrogens with two attached hydrogens (primary N) is 1. The Balaban J connectivity index is 1.32. The Kier molecular flexibility index (Phi) is 4.73. The van der Waals surface area contributed by atoms with Gasteiger partial charge < -0.3 is 15.1 Å². The quantitative estimate of drug-likeness (QED) is 0.525. The van der Waals surface area contributed by atoms with Crippen LogP contribution in [0.4, 0.5) is 5.82 Å². The lowest BCUT2D eigenvalue weighted by molar-refractivity contribution is -0.129. The molecule has 7 heteroatoms. The van der Waals surface area contributed by atoms with E-state index in [0.717, 1.165) is 51.9 Å². The molecule has 1 aromatic carbocycles. The van der Waals surface area contributed by atoms with E-state index in [4.69, 9.17) is 10.2 Å². The number of nitrogen functional groups attached to an aromatic ring is 1. The first-order valence-corrected chi connectivity index (χ1v) is 10.5. The van der Waals surface area contributed by atoms with Crippen molar-refractivity contribution in [2.24, 2.45) is 0 Å². The number of aromatic nitrogens is 3. The summed E-state index contributed by atoms with van der Waals surface area (Å²) in [6.45, 7) is 5.52. The predicted octanol–water partition coefficient (Wildman–Crippen LogP) is 3.98. The van der Waals surface area contributed by atoms with E-state index in [1.54, 1.807) is 12.5 Å². The third kappa shape index (κ3) is 3.46. The van der Waals surface area contributed by atoms with Gasteiger partial charge in [-0.15, -0.1) is 0 Å². The molecule has 0 aliphatic carbocycles. The zero-order chi connectivity index (χ0) is 21.5. The van der Waals surface area contributed by atoms with Crippen molar-refractivity contribution in [1.29, 1.82) is 0 Å². The number of anilines is 1. The van der Waals surface area contributed by atoms with Gasteiger partial charge in [-0.2, -0.15) is 5.10 Å². The molecule has 0 spiro atoms. The van der Waals surface area contributed by atoms with Crippen molar-refractivity contribution in [1.82, 2.24) is 20.1 Å². The second-order valence-electron chi connectivity index (χ2n) is 8.31. The molecular weight excluding hydrogens is 390 g/mol. The van der Waals surface area contributed by atoms with Gasteiger partial charge in [0.25, 0.3) is 0 Å². The first-order valence-electron chi connectivity index (χ1n) is 10.5. The summed E-state index contributed by atoms with van der Waals surface area (Å²) in [6, 6.07) is 7.91. The lowest BCUT2D eigenvalue weighted by Crippen LogP contribution is -2.29. The molecular formula is C24H25N5O2. The van der Waals surface area contributed by atoms with Crippen molar-refractivity contribution >= 4 is 22.7 Å². The van der Waals surface area contributed by atoms with Gasteiger partial charge in [-0.3, -0.25) is 9.89 Å². The van der Waals surface area contributed by atoms with E-state index in [1.807, 2.05) is 29.3 Å². The van der Waals surface area contributed by atoms with Crippen LogP contribution in [0, 0.1) is 13.8 Å². The van der Waals surface area contributed by atoms with Gasteiger partial charge in [0.2, 0.25) is 5.91 Å². The number of hydrogen-bond acceptors (Lipinski definition) is 5. The topological polar surface area (TPSA) is 101 Å². The predicted molar refractivity (Wildman–Crippen MR) is 120 cm³/mol. The number of nitrogens with one attached hydrogen (secondary N) is 1. The van der Waals surface area contributed by atoms with Gasteiger partial charge in [0.15, 0.2) is 0 Å². The normalized spacial score (nSPS) is 16.3. The van der Waals surface area contributed by atoms with E-state index in [-0.39, 0.29) is 11.8 Å². The van der Waals surface area contributed by atoms with Gasteiger partial charge in [0.1, 0.15) is 11.4 Å². The number of nitrogens with zero attached hydrogens (tertiary/aromatic N) is 3. The summed E-state index contributed by atoms with van der Waals surface area (Å²) in [5.74, 6) is 0.810. The van der Waals surface area contributed by atoms with E-state index >= 15 is 0 Å². The summed E-state index contributed by atoms with van der Waals surface area (Å²) in [7, 11) is 0. The minimum absolute atomic E-state index is 0.123.